The van der Waals surface area contributed by atoms with Crippen molar-refractivity contribution in [1.82, 2.24) is 0 Å². The summed E-state index contributed by atoms with van der Waals surface area (Å²) in [7, 11) is 4.45. The van der Waals surface area contributed by atoms with Crippen LogP contribution in [-0.4, -0.2) is 27.1 Å². The molecule has 130 valence electrons. The highest BCUT2D eigenvalue weighted by Gasteiger charge is 2.24. The largest absolute Gasteiger partial charge is 0.493 e. The first-order valence-corrected chi connectivity index (χ1v) is 7.42. The number of carbonyl (C=O) groups excluding carboxylic acids is 1. The summed E-state index contributed by atoms with van der Waals surface area (Å²) < 4.78 is 21.3. The minimum Gasteiger partial charge on any atom is -0.493 e. The zero-order valence-corrected chi connectivity index (χ0v) is 14.1. The molecular formula is C18H18N2O5. The van der Waals surface area contributed by atoms with E-state index in [1.807, 2.05) is 0 Å². The summed E-state index contributed by atoms with van der Waals surface area (Å²) in [6, 6.07) is 8.13. The third-order valence-corrected chi connectivity index (χ3v) is 3.89. The summed E-state index contributed by atoms with van der Waals surface area (Å²) in [5.74, 6) is 0.837. The maximum absolute atomic E-state index is 13.1. The minimum atomic E-state index is -0.332. The van der Waals surface area contributed by atoms with Gasteiger partial charge in [0.25, 0.3) is 0 Å². The van der Waals surface area contributed by atoms with Crippen LogP contribution in [0, 0.1) is 0 Å². The van der Waals surface area contributed by atoms with Gasteiger partial charge in [-0.2, -0.15) is 0 Å². The number of ether oxygens (including phenoxy) is 3. The fraction of sp³-hybridized carbons (Fsp3) is 0.167. The van der Waals surface area contributed by atoms with E-state index in [9.17, 15) is 4.79 Å². The van der Waals surface area contributed by atoms with Crippen LogP contribution in [0.15, 0.2) is 34.7 Å². The summed E-state index contributed by atoms with van der Waals surface area (Å²) in [5, 5.41) is 0.552. The molecule has 2 aromatic carbocycles. The van der Waals surface area contributed by atoms with Gasteiger partial charge in [0.2, 0.25) is 11.6 Å². The van der Waals surface area contributed by atoms with Crippen molar-refractivity contribution in [2.75, 3.05) is 32.8 Å². The van der Waals surface area contributed by atoms with Gasteiger partial charge < -0.3 is 30.1 Å². The van der Waals surface area contributed by atoms with Crippen molar-refractivity contribution < 1.29 is 23.4 Å². The molecule has 0 aliphatic heterocycles. The van der Waals surface area contributed by atoms with E-state index in [1.165, 1.54) is 21.3 Å². The quantitative estimate of drug-likeness (QED) is 0.542. The number of hydrogen-bond acceptors (Lipinski definition) is 7. The second kappa shape index (κ2) is 6.27. The van der Waals surface area contributed by atoms with E-state index in [0.717, 1.165) is 0 Å². The van der Waals surface area contributed by atoms with Gasteiger partial charge in [0.15, 0.2) is 17.3 Å². The molecule has 0 aliphatic rings. The van der Waals surface area contributed by atoms with Gasteiger partial charge in [0, 0.05) is 16.6 Å². The number of anilines is 2. The molecule has 0 spiro atoms. The average molecular weight is 342 g/mol. The maximum atomic E-state index is 13.1. The molecule has 0 radical (unpaired) electrons. The Kier molecular flexibility index (Phi) is 4.14. The predicted octanol–water partition coefficient (Wildman–Crippen LogP) is 2.85. The first-order chi connectivity index (χ1) is 12.0. The molecule has 0 bridgehead atoms. The second-order valence-corrected chi connectivity index (χ2v) is 5.34. The summed E-state index contributed by atoms with van der Waals surface area (Å²) in [5.41, 5.74) is 13.3. The molecule has 0 fully saturated rings. The lowest BCUT2D eigenvalue weighted by Crippen LogP contribution is -2.06. The molecule has 4 N–H and O–H groups in total. The van der Waals surface area contributed by atoms with Crippen LogP contribution in [-0.2, 0) is 0 Å². The van der Waals surface area contributed by atoms with E-state index in [0.29, 0.717) is 39.5 Å². The van der Waals surface area contributed by atoms with Gasteiger partial charge in [0.1, 0.15) is 5.58 Å². The van der Waals surface area contributed by atoms with Gasteiger partial charge in [-0.3, -0.25) is 4.79 Å². The van der Waals surface area contributed by atoms with Crippen molar-refractivity contribution in [2.45, 2.75) is 0 Å². The Bertz CT molecular complexity index is 936. The molecule has 0 atom stereocenters. The lowest BCUT2D eigenvalue weighted by Gasteiger charge is -2.13. The van der Waals surface area contributed by atoms with Crippen molar-refractivity contribution in [3.63, 3.8) is 0 Å². The lowest BCUT2D eigenvalue weighted by atomic mass is 10.0. The number of fused-ring (bicyclic) bond motifs is 1. The second-order valence-electron chi connectivity index (χ2n) is 5.34. The Hall–Kier alpha value is -3.35. The fourth-order valence-corrected chi connectivity index (χ4v) is 2.72. The molecule has 7 heteroatoms. The van der Waals surface area contributed by atoms with Crippen molar-refractivity contribution in [2.24, 2.45) is 0 Å². The third-order valence-electron chi connectivity index (χ3n) is 3.89. The molecule has 0 aliphatic carbocycles. The Morgan fingerprint density at radius 2 is 1.60 bits per heavy atom. The molecule has 0 saturated carbocycles. The first-order valence-electron chi connectivity index (χ1n) is 7.42. The molecule has 3 rings (SSSR count). The van der Waals surface area contributed by atoms with Gasteiger partial charge in [0.05, 0.1) is 26.9 Å². The molecule has 0 amide bonds. The van der Waals surface area contributed by atoms with Gasteiger partial charge in [-0.25, -0.2) is 0 Å². The van der Waals surface area contributed by atoms with Crippen molar-refractivity contribution in [1.29, 1.82) is 0 Å². The number of carbonyl (C=O) groups is 1. The number of hydrogen-bond donors (Lipinski definition) is 2. The fourth-order valence-electron chi connectivity index (χ4n) is 2.72. The van der Waals surface area contributed by atoms with Gasteiger partial charge in [-0.05, 0) is 30.3 Å². The summed E-state index contributed by atoms with van der Waals surface area (Å²) in [4.78, 5) is 13.1. The maximum Gasteiger partial charge on any atom is 0.203 e. The Balaban J connectivity index is 2.19. The van der Waals surface area contributed by atoms with E-state index in [2.05, 4.69) is 0 Å². The van der Waals surface area contributed by atoms with Crippen molar-refractivity contribution in [3.05, 3.63) is 41.5 Å². The molecule has 1 heterocycles. The van der Waals surface area contributed by atoms with Crippen LogP contribution in [0.25, 0.3) is 11.0 Å². The average Bonchev–Trinajstić information content (AvgIpc) is 2.94. The van der Waals surface area contributed by atoms with Crippen LogP contribution in [0.3, 0.4) is 0 Å². The minimum absolute atomic E-state index is 0.0272. The lowest BCUT2D eigenvalue weighted by molar-refractivity contribution is 0.103. The molecule has 25 heavy (non-hydrogen) atoms. The van der Waals surface area contributed by atoms with Crippen molar-refractivity contribution in [3.8, 4) is 17.2 Å². The molecular weight excluding hydrogens is 324 g/mol. The summed E-state index contributed by atoms with van der Waals surface area (Å²) in [6.07, 6.45) is 0. The molecule has 3 aromatic rings. The molecule has 1 aromatic heterocycles. The van der Waals surface area contributed by atoms with Crippen LogP contribution in [0.2, 0.25) is 0 Å². The van der Waals surface area contributed by atoms with Crippen LogP contribution in [0.5, 0.6) is 17.2 Å². The normalized spacial score (nSPS) is 10.7. The highest BCUT2D eigenvalue weighted by atomic mass is 16.5. The highest BCUT2D eigenvalue weighted by molar-refractivity contribution is 6.19. The van der Waals surface area contributed by atoms with Crippen LogP contribution in [0.4, 0.5) is 11.6 Å². The van der Waals surface area contributed by atoms with E-state index in [-0.39, 0.29) is 17.2 Å². The van der Waals surface area contributed by atoms with E-state index >= 15 is 0 Å². The standard InChI is InChI=1S/C18H18N2O5/c1-22-13-6-9(7-14(23-2)17(13)24-3)16(21)15-11-8-10(19)4-5-12(11)25-18(15)20/h4-8H,19-20H2,1-3H3. The molecule has 7 nitrogen and oxygen atoms in total. The number of benzene rings is 2. The Morgan fingerprint density at radius 3 is 2.16 bits per heavy atom. The first kappa shape index (κ1) is 16.5. The van der Waals surface area contributed by atoms with Crippen LogP contribution < -0.4 is 25.7 Å². The van der Waals surface area contributed by atoms with E-state index < -0.39 is 0 Å². The zero-order valence-electron chi connectivity index (χ0n) is 14.1. The van der Waals surface area contributed by atoms with E-state index in [4.69, 9.17) is 30.1 Å². The summed E-state index contributed by atoms with van der Waals surface area (Å²) >= 11 is 0. The highest BCUT2D eigenvalue weighted by Crippen LogP contribution is 2.40. The zero-order chi connectivity index (χ0) is 18.1. The van der Waals surface area contributed by atoms with E-state index in [1.54, 1.807) is 30.3 Å². The number of nitrogens with two attached hydrogens (primary N) is 2. The van der Waals surface area contributed by atoms with Crippen LogP contribution >= 0.6 is 0 Å². The van der Waals surface area contributed by atoms with Crippen LogP contribution in [0.1, 0.15) is 15.9 Å². The summed E-state index contributed by atoms with van der Waals surface area (Å²) in [6.45, 7) is 0. The third kappa shape index (κ3) is 2.69. The van der Waals surface area contributed by atoms with Gasteiger partial charge >= 0.3 is 0 Å². The SMILES string of the molecule is COc1cc(C(=O)c2c(N)oc3ccc(N)cc23)cc(OC)c1OC. The predicted molar refractivity (Wildman–Crippen MR) is 94.6 cm³/mol. The molecule has 0 unspecified atom stereocenters. The van der Waals surface area contributed by atoms with Gasteiger partial charge in [-0.15, -0.1) is 0 Å². The van der Waals surface area contributed by atoms with Gasteiger partial charge in [-0.1, -0.05) is 0 Å². The number of ketones is 1. The van der Waals surface area contributed by atoms with Crippen molar-refractivity contribution >= 4 is 28.3 Å². The number of nitrogen functional groups attached to an aromatic ring is 2. The molecule has 0 saturated heterocycles. The number of furan rings is 1. The monoisotopic (exact) mass is 342 g/mol. The topological polar surface area (TPSA) is 110 Å². The smallest absolute Gasteiger partial charge is 0.203 e. The Morgan fingerprint density at radius 1 is 0.960 bits per heavy atom. The number of rotatable bonds is 5. The Labute approximate surface area is 144 Å². The number of methoxy groups -OCH3 is 3.